The third-order valence-corrected chi connectivity index (χ3v) is 4.72. The summed E-state index contributed by atoms with van der Waals surface area (Å²) < 4.78 is 0. The lowest BCUT2D eigenvalue weighted by molar-refractivity contribution is 0.522. The van der Waals surface area contributed by atoms with Gasteiger partial charge in [0, 0.05) is 6.54 Å². The van der Waals surface area contributed by atoms with E-state index >= 15 is 0 Å². The quantitative estimate of drug-likeness (QED) is 0.860. The molecule has 1 N–H and O–H groups in total. The van der Waals surface area contributed by atoms with Crippen LogP contribution in [0.2, 0.25) is 0 Å². The van der Waals surface area contributed by atoms with Crippen LogP contribution in [0.4, 0.5) is 0 Å². The minimum absolute atomic E-state index is 0.898. The van der Waals surface area contributed by atoms with Gasteiger partial charge in [-0.1, -0.05) is 18.2 Å². The number of hydrogen-bond donors (Lipinski definition) is 1. The highest BCUT2D eigenvalue weighted by Crippen LogP contribution is 2.22. The molecule has 16 heavy (non-hydrogen) atoms. The van der Waals surface area contributed by atoms with Crippen molar-refractivity contribution in [3.8, 4) is 0 Å². The van der Waals surface area contributed by atoms with E-state index in [0.29, 0.717) is 0 Å². The van der Waals surface area contributed by atoms with Crippen molar-refractivity contribution < 1.29 is 0 Å². The van der Waals surface area contributed by atoms with Gasteiger partial charge in [0.05, 0.1) is 0 Å². The topological polar surface area (TPSA) is 12.0 Å². The van der Waals surface area contributed by atoms with Gasteiger partial charge in [0.1, 0.15) is 0 Å². The number of thioether (sulfide) groups is 1. The lowest BCUT2D eigenvalue weighted by Gasteiger charge is -2.12. The molecule has 1 aromatic carbocycles. The standard InChI is InChI=1S/C14H21NS/c1-11-4-3-5-14(12(11)2)9-15-8-13-6-7-16-10-13/h3-5,13,15H,6-10H2,1-2H3. The predicted molar refractivity (Wildman–Crippen MR) is 73.1 cm³/mol. The normalized spacial score (nSPS) is 20.2. The van der Waals surface area contributed by atoms with Gasteiger partial charge in [-0.15, -0.1) is 0 Å². The van der Waals surface area contributed by atoms with Crippen molar-refractivity contribution in [2.75, 3.05) is 18.1 Å². The van der Waals surface area contributed by atoms with Crippen LogP contribution in [0.5, 0.6) is 0 Å². The van der Waals surface area contributed by atoms with Crippen LogP contribution in [0.15, 0.2) is 18.2 Å². The third kappa shape index (κ3) is 3.02. The Bertz CT molecular complexity index is 343. The van der Waals surface area contributed by atoms with Gasteiger partial charge in [-0.3, -0.25) is 0 Å². The van der Waals surface area contributed by atoms with Gasteiger partial charge in [0.2, 0.25) is 0 Å². The average molecular weight is 235 g/mol. The first kappa shape index (κ1) is 12.0. The maximum Gasteiger partial charge on any atom is 0.0208 e. The number of aryl methyl sites for hydroxylation is 1. The molecule has 0 radical (unpaired) electrons. The zero-order chi connectivity index (χ0) is 11.4. The molecule has 1 aromatic rings. The van der Waals surface area contributed by atoms with E-state index in [2.05, 4.69) is 49.1 Å². The van der Waals surface area contributed by atoms with Gasteiger partial charge >= 0.3 is 0 Å². The molecule has 0 aromatic heterocycles. The van der Waals surface area contributed by atoms with Gasteiger partial charge in [-0.2, -0.15) is 11.8 Å². The molecule has 1 nitrogen and oxygen atoms in total. The second kappa shape index (κ2) is 5.74. The Labute approximate surface area is 103 Å². The Morgan fingerprint density at radius 1 is 1.38 bits per heavy atom. The summed E-state index contributed by atoms with van der Waals surface area (Å²) in [5, 5.41) is 3.60. The van der Waals surface area contributed by atoms with Crippen LogP contribution in [-0.4, -0.2) is 18.1 Å². The lowest BCUT2D eigenvalue weighted by Crippen LogP contribution is -2.22. The van der Waals surface area contributed by atoms with E-state index < -0.39 is 0 Å². The summed E-state index contributed by atoms with van der Waals surface area (Å²) in [5.41, 5.74) is 4.29. The van der Waals surface area contributed by atoms with Crippen molar-refractivity contribution in [1.82, 2.24) is 5.32 Å². The third-order valence-electron chi connectivity index (χ3n) is 3.49. The Morgan fingerprint density at radius 3 is 3.00 bits per heavy atom. The molecular formula is C14H21NS. The summed E-state index contributed by atoms with van der Waals surface area (Å²) in [6.07, 6.45) is 1.39. The fourth-order valence-electron chi connectivity index (χ4n) is 2.16. The highest BCUT2D eigenvalue weighted by molar-refractivity contribution is 7.99. The summed E-state index contributed by atoms with van der Waals surface area (Å²) >= 11 is 2.09. The first-order valence-electron chi connectivity index (χ1n) is 6.11. The van der Waals surface area contributed by atoms with Crippen LogP contribution >= 0.6 is 11.8 Å². The van der Waals surface area contributed by atoms with Crippen molar-refractivity contribution >= 4 is 11.8 Å². The minimum Gasteiger partial charge on any atom is -0.312 e. The van der Waals surface area contributed by atoms with E-state index in [-0.39, 0.29) is 0 Å². The van der Waals surface area contributed by atoms with Crippen molar-refractivity contribution in [2.45, 2.75) is 26.8 Å². The van der Waals surface area contributed by atoms with Gasteiger partial charge in [0.25, 0.3) is 0 Å². The molecule has 1 heterocycles. The molecule has 1 saturated heterocycles. The number of benzene rings is 1. The molecule has 2 rings (SSSR count). The Morgan fingerprint density at radius 2 is 2.25 bits per heavy atom. The largest absolute Gasteiger partial charge is 0.312 e. The second-order valence-electron chi connectivity index (χ2n) is 4.72. The first-order chi connectivity index (χ1) is 7.77. The highest BCUT2D eigenvalue weighted by atomic mass is 32.2. The van der Waals surface area contributed by atoms with E-state index in [4.69, 9.17) is 0 Å². The van der Waals surface area contributed by atoms with Crippen molar-refractivity contribution in [3.63, 3.8) is 0 Å². The fourth-order valence-corrected chi connectivity index (χ4v) is 3.44. The zero-order valence-electron chi connectivity index (χ0n) is 10.3. The van der Waals surface area contributed by atoms with Gasteiger partial charge in [0.15, 0.2) is 0 Å². The van der Waals surface area contributed by atoms with E-state index in [9.17, 15) is 0 Å². The molecule has 0 bridgehead atoms. The SMILES string of the molecule is Cc1cccc(CNCC2CCSC2)c1C. The fraction of sp³-hybridized carbons (Fsp3) is 0.571. The molecule has 1 fully saturated rings. The zero-order valence-corrected chi connectivity index (χ0v) is 11.1. The number of rotatable bonds is 4. The molecule has 1 unspecified atom stereocenters. The van der Waals surface area contributed by atoms with Gasteiger partial charge in [-0.05, 0) is 60.9 Å². The molecule has 1 atom stereocenters. The van der Waals surface area contributed by atoms with Crippen LogP contribution in [0.1, 0.15) is 23.1 Å². The molecule has 0 amide bonds. The summed E-state index contributed by atoms with van der Waals surface area (Å²) in [6.45, 7) is 6.61. The number of nitrogens with one attached hydrogen (secondary N) is 1. The molecule has 0 spiro atoms. The van der Waals surface area contributed by atoms with Crippen molar-refractivity contribution in [3.05, 3.63) is 34.9 Å². The number of hydrogen-bond acceptors (Lipinski definition) is 2. The van der Waals surface area contributed by atoms with Crippen LogP contribution in [0, 0.1) is 19.8 Å². The first-order valence-corrected chi connectivity index (χ1v) is 7.26. The van der Waals surface area contributed by atoms with E-state index in [1.807, 2.05) is 0 Å². The maximum absolute atomic E-state index is 3.60. The van der Waals surface area contributed by atoms with Crippen molar-refractivity contribution in [1.29, 1.82) is 0 Å². The lowest BCUT2D eigenvalue weighted by atomic mass is 10.0. The molecule has 0 aliphatic carbocycles. The summed E-state index contributed by atoms with van der Waals surface area (Å²) in [6, 6.07) is 6.58. The summed E-state index contributed by atoms with van der Waals surface area (Å²) in [4.78, 5) is 0. The van der Waals surface area contributed by atoms with Crippen LogP contribution in [0.3, 0.4) is 0 Å². The second-order valence-corrected chi connectivity index (χ2v) is 5.87. The molecule has 2 heteroatoms. The van der Waals surface area contributed by atoms with E-state index in [0.717, 1.165) is 12.5 Å². The van der Waals surface area contributed by atoms with Crippen molar-refractivity contribution in [2.24, 2.45) is 5.92 Å². The van der Waals surface area contributed by atoms with E-state index in [1.165, 1.54) is 41.2 Å². The maximum atomic E-state index is 3.60. The van der Waals surface area contributed by atoms with Gasteiger partial charge < -0.3 is 5.32 Å². The molecule has 1 aliphatic heterocycles. The minimum atomic E-state index is 0.898. The molecule has 88 valence electrons. The Kier molecular flexibility index (Phi) is 4.30. The summed E-state index contributed by atoms with van der Waals surface area (Å²) in [7, 11) is 0. The Balaban J connectivity index is 1.82. The summed E-state index contributed by atoms with van der Waals surface area (Å²) in [5.74, 6) is 3.60. The van der Waals surface area contributed by atoms with Crippen LogP contribution < -0.4 is 5.32 Å². The van der Waals surface area contributed by atoms with Crippen LogP contribution in [-0.2, 0) is 6.54 Å². The average Bonchev–Trinajstić information content (AvgIpc) is 2.77. The smallest absolute Gasteiger partial charge is 0.0208 e. The monoisotopic (exact) mass is 235 g/mol. The van der Waals surface area contributed by atoms with E-state index in [1.54, 1.807) is 0 Å². The molecule has 0 saturated carbocycles. The van der Waals surface area contributed by atoms with Gasteiger partial charge in [-0.25, -0.2) is 0 Å². The molecular weight excluding hydrogens is 214 g/mol. The molecule has 1 aliphatic rings. The predicted octanol–water partition coefficient (Wildman–Crippen LogP) is 3.15. The highest BCUT2D eigenvalue weighted by Gasteiger charge is 2.14. The van der Waals surface area contributed by atoms with Crippen LogP contribution in [0.25, 0.3) is 0 Å². The Hall–Kier alpha value is -0.470.